The Balaban J connectivity index is 1.78. The molecule has 3 nitrogen and oxygen atoms in total. The molecule has 0 N–H and O–H groups in total. The van der Waals surface area contributed by atoms with Crippen molar-refractivity contribution < 1.29 is 0 Å². The number of fused-ring (bicyclic) bond motifs is 1. The molecule has 2 saturated carbocycles. The summed E-state index contributed by atoms with van der Waals surface area (Å²) in [5, 5.41) is 0.705. The van der Waals surface area contributed by atoms with Crippen LogP contribution in [0.1, 0.15) is 31.5 Å². The Labute approximate surface area is 128 Å². The Morgan fingerprint density at radius 3 is 2.48 bits per heavy atom. The van der Waals surface area contributed by atoms with Gasteiger partial charge in [0.15, 0.2) is 0 Å². The van der Waals surface area contributed by atoms with E-state index in [-0.39, 0.29) is 5.56 Å². The Morgan fingerprint density at radius 1 is 1.19 bits per heavy atom. The fourth-order valence-corrected chi connectivity index (χ4v) is 3.65. The molecule has 1 aromatic heterocycles. The molecule has 0 bridgehead atoms. The average Bonchev–Trinajstić information content (AvgIpc) is 3.39. The zero-order valence-electron chi connectivity index (χ0n) is 12.0. The molecule has 1 aromatic carbocycles. The van der Waals surface area contributed by atoms with Gasteiger partial charge in [0, 0.05) is 6.54 Å². The summed E-state index contributed by atoms with van der Waals surface area (Å²) in [5.41, 5.74) is 0.825. The van der Waals surface area contributed by atoms with Gasteiger partial charge in [-0.25, -0.2) is 4.98 Å². The van der Waals surface area contributed by atoms with Crippen molar-refractivity contribution in [1.82, 2.24) is 9.55 Å². The maximum atomic E-state index is 12.8. The second-order valence-electron chi connectivity index (χ2n) is 6.43. The molecular weight excluding hydrogens is 284 g/mol. The van der Waals surface area contributed by atoms with Crippen molar-refractivity contribution in [2.45, 2.75) is 38.1 Å². The average molecular weight is 303 g/mol. The summed E-state index contributed by atoms with van der Waals surface area (Å²) in [7, 11) is 0. The summed E-state index contributed by atoms with van der Waals surface area (Å²) in [6, 6.07) is 7.56. The van der Waals surface area contributed by atoms with E-state index in [4.69, 9.17) is 11.6 Å². The van der Waals surface area contributed by atoms with E-state index in [0.29, 0.717) is 23.0 Å². The molecule has 2 aliphatic rings. The number of benzene rings is 1. The Morgan fingerprint density at radius 2 is 1.86 bits per heavy atom. The van der Waals surface area contributed by atoms with Crippen LogP contribution in [-0.2, 0) is 12.4 Å². The number of para-hydroxylation sites is 1. The van der Waals surface area contributed by atoms with Gasteiger partial charge < -0.3 is 0 Å². The van der Waals surface area contributed by atoms with Gasteiger partial charge in [-0.1, -0.05) is 12.1 Å². The predicted octanol–water partition coefficient (Wildman–Crippen LogP) is 3.57. The van der Waals surface area contributed by atoms with Crippen molar-refractivity contribution in [2.75, 3.05) is 0 Å². The molecule has 4 rings (SSSR count). The first-order chi connectivity index (χ1) is 10.3. The lowest BCUT2D eigenvalue weighted by Crippen LogP contribution is -2.29. The number of hydrogen-bond donors (Lipinski definition) is 0. The number of halogens is 1. The maximum Gasteiger partial charge on any atom is 0.261 e. The summed E-state index contributed by atoms with van der Waals surface area (Å²) in [5.74, 6) is 3.29. The van der Waals surface area contributed by atoms with Gasteiger partial charge in [-0.05, 0) is 55.6 Å². The molecule has 2 fully saturated rings. The largest absolute Gasteiger partial charge is 0.295 e. The normalized spacial score (nSPS) is 18.6. The first-order valence-electron chi connectivity index (χ1n) is 7.82. The molecule has 0 saturated heterocycles. The second-order valence-corrected chi connectivity index (χ2v) is 6.70. The van der Waals surface area contributed by atoms with Crippen LogP contribution >= 0.6 is 11.6 Å². The quantitative estimate of drug-likeness (QED) is 0.791. The first-order valence-corrected chi connectivity index (χ1v) is 8.36. The summed E-state index contributed by atoms with van der Waals surface area (Å²) >= 11 is 6.06. The van der Waals surface area contributed by atoms with Crippen LogP contribution in [0.25, 0.3) is 10.9 Å². The van der Waals surface area contributed by atoms with Crippen molar-refractivity contribution in [2.24, 2.45) is 17.8 Å². The molecule has 0 aliphatic heterocycles. The third-order valence-electron chi connectivity index (χ3n) is 4.91. The van der Waals surface area contributed by atoms with Gasteiger partial charge in [0.1, 0.15) is 5.82 Å². The van der Waals surface area contributed by atoms with Gasteiger partial charge in [0.05, 0.1) is 16.8 Å². The highest BCUT2D eigenvalue weighted by Crippen LogP contribution is 2.49. The van der Waals surface area contributed by atoms with Crippen molar-refractivity contribution in [3.8, 4) is 0 Å². The number of hydrogen-bond acceptors (Lipinski definition) is 2. The molecule has 4 heteroatoms. The van der Waals surface area contributed by atoms with Crippen LogP contribution in [0, 0.1) is 17.8 Å². The number of aromatic nitrogens is 2. The standard InChI is InChI=1S/C17H19ClN2O/c18-9-16-19-15-4-2-1-3-13(15)17(21)20(16)10-14(11-5-6-11)12-7-8-12/h1-4,11-12,14H,5-10H2. The number of alkyl halides is 1. The Kier molecular flexibility index (Phi) is 3.26. The van der Waals surface area contributed by atoms with Gasteiger partial charge >= 0.3 is 0 Å². The molecule has 0 unspecified atom stereocenters. The molecule has 0 atom stereocenters. The molecule has 2 aliphatic carbocycles. The third-order valence-corrected chi connectivity index (χ3v) is 5.15. The molecule has 0 spiro atoms. The van der Waals surface area contributed by atoms with Gasteiger partial charge in [-0.15, -0.1) is 11.6 Å². The van der Waals surface area contributed by atoms with Crippen molar-refractivity contribution in [3.63, 3.8) is 0 Å². The van der Waals surface area contributed by atoms with Crippen LogP contribution in [0.2, 0.25) is 0 Å². The Bertz CT molecular complexity index is 719. The second kappa shape index (κ2) is 5.13. The minimum Gasteiger partial charge on any atom is -0.295 e. The highest BCUT2D eigenvalue weighted by molar-refractivity contribution is 6.16. The molecule has 2 aromatic rings. The van der Waals surface area contributed by atoms with E-state index >= 15 is 0 Å². The molecule has 21 heavy (non-hydrogen) atoms. The van der Waals surface area contributed by atoms with Gasteiger partial charge in [-0.2, -0.15) is 0 Å². The zero-order chi connectivity index (χ0) is 14.4. The fourth-order valence-electron chi connectivity index (χ4n) is 3.45. The summed E-state index contributed by atoms with van der Waals surface area (Å²) in [6.07, 6.45) is 5.31. The van der Waals surface area contributed by atoms with Crippen LogP contribution in [-0.4, -0.2) is 9.55 Å². The monoisotopic (exact) mass is 302 g/mol. The fraction of sp³-hybridized carbons (Fsp3) is 0.529. The highest BCUT2D eigenvalue weighted by Gasteiger charge is 2.41. The van der Waals surface area contributed by atoms with Crippen LogP contribution in [0.15, 0.2) is 29.1 Å². The van der Waals surface area contributed by atoms with E-state index in [1.165, 1.54) is 25.7 Å². The molecular formula is C17H19ClN2O. The van der Waals surface area contributed by atoms with Crippen LogP contribution in [0.4, 0.5) is 0 Å². The molecule has 1 heterocycles. The van der Waals surface area contributed by atoms with E-state index in [1.54, 1.807) is 0 Å². The summed E-state index contributed by atoms with van der Waals surface area (Å²) < 4.78 is 1.84. The van der Waals surface area contributed by atoms with E-state index in [9.17, 15) is 4.79 Å². The number of rotatable bonds is 5. The Hall–Kier alpha value is -1.35. The van der Waals surface area contributed by atoms with Gasteiger partial charge in [0.25, 0.3) is 5.56 Å². The van der Waals surface area contributed by atoms with E-state index in [0.717, 1.165) is 23.9 Å². The smallest absolute Gasteiger partial charge is 0.261 e. The molecule has 0 radical (unpaired) electrons. The van der Waals surface area contributed by atoms with Crippen molar-refractivity contribution >= 4 is 22.5 Å². The minimum absolute atomic E-state index is 0.0718. The van der Waals surface area contributed by atoms with Crippen LogP contribution in [0.3, 0.4) is 0 Å². The number of nitrogens with zero attached hydrogens (tertiary/aromatic N) is 2. The van der Waals surface area contributed by atoms with Crippen molar-refractivity contribution in [1.29, 1.82) is 0 Å². The molecule has 110 valence electrons. The summed E-state index contributed by atoms with van der Waals surface area (Å²) in [4.78, 5) is 17.4. The zero-order valence-corrected chi connectivity index (χ0v) is 12.7. The predicted molar refractivity (Wildman–Crippen MR) is 84.5 cm³/mol. The minimum atomic E-state index is 0.0718. The van der Waals surface area contributed by atoms with Crippen LogP contribution in [0.5, 0.6) is 0 Å². The molecule has 0 amide bonds. The lowest BCUT2D eigenvalue weighted by molar-refractivity contribution is 0.339. The highest BCUT2D eigenvalue weighted by atomic mass is 35.5. The van der Waals surface area contributed by atoms with E-state index < -0.39 is 0 Å². The van der Waals surface area contributed by atoms with E-state index in [1.807, 2.05) is 28.8 Å². The van der Waals surface area contributed by atoms with Crippen molar-refractivity contribution in [3.05, 3.63) is 40.4 Å². The first kappa shape index (κ1) is 13.3. The third kappa shape index (κ3) is 2.48. The summed E-state index contributed by atoms with van der Waals surface area (Å²) in [6.45, 7) is 0.800. The lowest BCUT2D eigenvalue weighted by Gasteiger charge is -2.19. The maximum absolute atomic E-state index is 12.8. The lowest BCUT2D eigenvalue weighted by atomic mass is 9.97. The van der Waals surface area contributed by atoms with Crippen LogP contribution < -0.4 is 5.56 Å². The topological polar surface area (TPSA) is 34.9 Å². The van der Waals surface area contributed by atoms with Gasteiger partial charge in [-0.3, -0.25) is 9.36 Å². The van der Waals surface area contributed by atoms with E-state index in [2.05, 4.69) is 4.98 Å². The van der Waals surface area contributed by atoms with Gasteiger partial charge in [0.2, 0.25) is 0 Å². The SMILES string of the molecule is O=c1c2ccccc2nc(CCl)n1CC(C1CC1)C1CC1.